The van der Waals surface area contributed by atoms with Crippen LogP contribution < -0.4 is 10.2 Å². The molecule has 2 aliphatic rings. The summed E-state index contributed by atoms with van der Waals surface area (Å²) in [6.07, 6.45) is 2.03. The Labute approximate surface area is 144 Å². The van der Waals surface area contributed by atoms with Crippen molar-refractivity contribution in [2.24, 2.45) is 10.1 Å². The number of hydrogen-bond donors (Lipinski definition) is 1. The van der Waals surface area contributed by atoms with Crippen molar-refractivity contribution in [1.29, 1.82) is 0 Å². The molecule has 124 valence electrons. The maximum Gasteiger partial charge on any atom is 0.337 e. The van der Waals surface area contributed by atoms with Gasteiger partial charge in [0.05, 0.1) is 25.5 Å². The third-order valence-electron chi connectivity index (χ3n) is 4.11. The van der Waals surface area contributed by atoms with E-state index in [4.69, 9.17) is 9.47 Å². The zero-order chi connectivity index (χ0) is 17.4. The number of rotatable bonds is 3. The number of ether oxygens (including phenoxy) is 2. The van der Waals surface area contributed by atoms with Gasteiger partial charge in [-0.05, 0) is 48.0 Å². The number of esters is 1. The highest BCUT2D eigenvalue weighted by atomic mass is 16.5. The average molecular weight is 333 g/mol. The minimum absolute atomic E-state index is 0.391. The molecule has 0 bridgehead atoms. The minimum Gasteiger partial charge on any atom is -0.497 e. The van der Waals surface area contributed by atoms with Gasteiger partial charge in [-0.2, -0.15) is 5.10 Å². The lowest BCUT2D eigenvalue weighted by molar-refractivity contribution is 0.0601. The molecule has 0 fully saturated rings. The number of aliphatic imine (C=N–C) groups is 1. The highest BCUT2D eigenvalue weighted by Crippen LogP contribution is 2.32. The molecule has 0 saturated heterocycles. The molecule has 0 radical (unpaired) electrons. The van der Waals surface area contributed by atoms with Crippen molar-refractivity contribution in [3.63, 3.8) is 0 Å². The second-order valence-corrected chi connectivity index (χ2v) is 5.59. The fourth-order valence-electron chi connectivity index (χ4n) is 2.88. The van der Waals surface area contributed by atoms with Crippen molar-refractivity contribution in [2.75, 3.05) is 14.2 Å². The van der Waals surface area contributed by atoms with Crippen LogP contribution in [0.3, 0.4) is 0 Å². The van der Waals surface area contributed by atoms with E-state index in [0.29, 0.717) is 17.1 Å². The Hall–Kier alpha value is -3.41. The summed E-state index contributed by atoms with van der Waals surface area (Å²) >= 11 is 0. The smallest absolute Gasteiger partial charge is 0.337 e. The summed E-state index contributed by atoms with van der Waals surface area (Å²) in [4.78, 5) is 16.2. The molecule has 1 aliphatic heterocycles. The van der Waals surface area contributed by atoms with Crippen molar-refractivity contribution in [2.45, 2.75) is 0 Å². The van der Waals surface area contributed by atoms with Gasteiger partial charge in [0.25, 0.3) is 0 Å². The molecule has 0 atom stereocenters. The molecule has 6 nitrogen and oxygen atoms in total. The monoisotopic (exact) mass is 333 g/mol. The molecule has 25 heavy (non-hydrogen) atoms. The van der Waals surface area contributed by atoms with Gasteiger partial charge in [-0.3, -0.25) is 5.43 Å². The van der Waals surface area contributed by atoms with Gasteiger partial charge >= 0.3 is 5.97 Å². The lowest BCUT2D eigenvalue weighted by Crippen LogP contribution is -2.12. The minimum atomic E-state index is -0.391. The normalized spacial score (nSPS) is 15.8. The van der Waals surface area contributed by atoms with E-state index in [1.807, 2.05) is 30.3 Å². The molecule has 0 aromatic heterocycles. The summed E-state index contributed by atoms with van der Waals surface area (Å²) in [6.45, 7) is 0. The van der Waals surface area contributed by atoms with E-state index in [1.54, 1.807) is 25.3 Å². The Bertz CT molecular complexity index is 974. The first-order chi connectivity index (χ1) is 12.2. The molecular formula is C19H15N3O3. The van der Waals surface area contributed by atoms with Crippen molar-refractivity contribution in [3.8, 4) is 5.75 Å². The topological polar surface area (TPSA) is 72.3 Å². The highest BCUT2D eigenvalue weighted by molar-refractivity contribution is 6.38. The summed E-state index contributed by atoms with van der Waals surface area (Å²) in [5.74, 6) is 1.05. The van der Waals surface area contributed by atoms with Crippen LogP contribution in [0.4, 0.5) is 5.69 Å². The van der Waals surface area contributed by atoms with Gasteiger partial charge in [0.2, 0.25) is 0 Å². The van der Waals surface area contributed by atoms with Gasteiger partial charge in [0, 0.05) is 11.1 Å². The van der Waals surface area contributed by atoms with Crippen LogP contribution in [0.1, 0.15) is 21.5 Å². The molecule has 6 heteroatoms. The first-order valence-electron chi connectivity index (χ1n) is 7.71. The number of fused-ring (bicyclic) bond motifs is 3. The Morgan fingerprint density at radius 3 is 2.84 bits per heavy atom. The number of carbonyl (C=O) groups is 1. The first-order valence-corrected chi connectivity index (χ1v) is 7.71. The first kappa shape index (κ1) is 15.1. The SMILES string of the molecule is COC(=O)c1cccc(N=C2NN=C3C2=Cc2cc(OC)ccc23)c1. The van der Waals surface area contributed by atoms with Crippen molar-refractivity contribution in [1.82, 2.24) is 5.43 Å². The van der Waals surface area contributed by atoms with E-state index >= 15 is 0 Å². The molecule has 1 aliphatic carbocycles. The summed E-state index contributed by atoms with van der Waals surface area (Å²) in [7, 11) is 3.00. The Kier molecular flexibility index (Phi) is 3.57. The molecule has 1 N–H and O–H groups in total. The third kappa shape index (κ3) is 2.57. The molecule has 1 heterocycles. The van der Waals surface area contributed by atoms with Gasteiger partial charge in [0.15, 0.2) is 5.84 Å². The van der Waals surface area contributed by atoms with Crippen molar-refractivity contribution in [3.05, 3.63) is 64.7 Å². The zero-order valence-corrected chi connectivity index (χ0v) is 13.7. The number of benzene rings is 2. The van der Waals surface area contributed by atoms with Crippen LogP contribution in [-0.4, -0.2) is 31.7 Å². The molecular weight excluding hydrogens is 318 g/mol. The largest absolute Gasteiger partial charge is 0.497 e. The van der Waals surface area contributed by atoms with E-state index in [9.17, 15) is 4.79 Å². The van der Waals surface area contributed by atoms with Crippen LogP contribution >= 0.6 is 0 Å². The van der Waals surface area contributed by atoms with Crippen molar-refractivity contribution < 1.29 is 14.3 Å². The molecule has 0 spiro atoms. The summed E-state index contributed by atoms with van der Waals surface area (Å²) in [6, 6.07) is 12.8. The number of nitrogens with one attached hydrogen (secondary N) is 1. The van der Waals surface area contributed by atoms with Crippen LogP contribution in [0.25, 0.3) is 6.08 Å². The lowest BCUT2D eigenvalue weighted by atomic mass is 10.1. The summed E-state index contributed by atoms with van der Waals surface area (Å²) < 4.78 is 10.0. The predicted molar refractivity (Wildman–Crippen MR) is 95.5 cm³/mol. The van der Waals surface area contributed by atoms with Crippen LogP contribution in [0, 0.1) is 0 Å². The highest BCUT2D eigenvalue weighted by Gasteiger charge is 2.29. The Morgan fingerprint density at radius 1 is 1.16 bits per heavy atom. The predicted octanol–water partition coefficient (Wildman–Crippen LogP) is 2.92. The molecule has 0 saturated carbocycles. The van der Waals surface area contributed by atoms with Crippen LogP contribution in [0.5, 0.6) is 5.75 Å². The molecule has 2 aromatic carbocycles. The van der Waals surface area contributed by atoms with E-state index in [2.05, 4.69) is 15.5 Å². The zero-order valence-electron chi connectivity index (χ0n) is 13.7. The Balaban J connectivity index is 1.68. The van der Waals surface area contributed by atoms with Gasteiger partial charge in [0.1, 0.15) is 11.5 Å². The van der Waals surface area contributed by atoms with E-state index in [0.717, 1.165) is 28.2 Å². The number of hydrogen-bond acceptors (Lipinski definition) is 5. The maximum absolute atomic E-state index is 11.7. The van der Waals surface area contributed by atoms with E-state index in [1.165, 1.54) is 7.11 Å². The standard InChI is InChI=1S/C19H15N3O3/c1-24-14-6-7-15-12(9-14)10-16-17(15)21-22-18(16)20-13-5-3-4-11(8-13)19(23)25-2/h3-10H,1-2H3,(H,20,22). The molecule has 2 aromatic rings. The fourth-order valence-corrected chi connectivity index (χ4v) is 2.88. The average Bonchev–Trinajstić information content (AvgIpc) is 3.20. The van der Waals surface area contributed by atoms with Gasteiger partial charge in [-0.25, -0.2) is 9.79 Å². The number of carbonyl (C=O) groups excluding carboxylic acids is 1. The number of amidine groups is 1. The van der Waals surface area contributed by atoms with Crippen LogP contribution in [0.2, 0.25) is 0 Å². The second-order valence-electron chi connectivity index (χ2n) is 5.59. The molecule has 0 unspecified atom stereocenters. The van der Waals surface area contributed by atoms with Crippen LogP contribution in [0.15, 0.2) is 58.1 Å². The second kappa shape index (κ2) is 5.90. The van der Waals surface area contributed by atoms with Gasteiger partial charge in [-0.15, -0.1) is 0 Å². The van der Waals surface area contributed by atoms with Crippen molar-refractivity contribution >= 4 is 29.3 Å². The summed E-state index contributed by atoms with van der Waals surface area (Å²) in [5.41, 5.74) is 7.94. The third-order valence-corrected chi connectivity index (χ3v) is 4.11. The maximum atomic E-state index is 11.7. The molecule has 0 amide bonds. The summed E-state index contributed by atoms with van der Waals surface area (Å²) in [5, 5.41) is 4.38. The van der Waals surface area contributed by atoms with Gasteiger partial charge in [-0.1, -0.05) is 6.07 Å². The number of methoxy groups -OCH3 is 2. The van der Waals surface area contributed by atoms with E-state index in [-0.39, 0.29) is 0 Å². The number of hydrazone groups is 1. The quantitative estimate of drug-likeness (QED) is 0.877. The van der Waals surface area contributed by atoms with E-state index < -0.39 is 5.97 Å². The number of nitrogens with zero attached hydrogens (tertiary/aromatic N) is 2. The fraction of sp³-hybridized carbons (Fsp3) is 0.105. The lowest BCUT2D eigenvalue weighted by Gasteiger charge is -2.02. The Morgan fingerprint density at radius 2 is 2.04 bits per heavy atom. The van der Waals surface area contributed by atoms with Crippen LogP contribution in [-0.2, 0) is 4.74 Å². The molecule has 4 rings (SSSR count). The van der Waals surface area contributed by atoms with Gasteiger partial charge < -0.3 is 9.47 Å².